The van der Waals surface area contributed by atoms with Crippen molar-refractivity contribution in [1.82, 2.24) is 5.32 Å². The first-order chi connectivity index (χ1) is 13.3. The number of ether oxygens (including phenoxy) is 2. The summed E-state index contributed by atoms with van der Waals surface area (Å²) in [6, 6.07) is 5.56. The van der Waals surface area contributed by atoms with E-state index in [1.54, 1.807) is 24.3 Å². The van der Waals surface area contributed by atoms with Gasteiger partial charge in [-0.15, -0.1) is 0 Å². The fraction of sp³-hybridized carbons (Fsp3) is 0.556. The summed E-state index contributed by atoms with van der Waals surface area (Å²) in [5.41, 5.74) is 0.628. The molecule has 0 radical (unpaired) electrons. The smallest absolute Gasteiger partial charge is 0.227 e. The zero-order chi connectivity index (χ0) is 20.4. The third-order valence-corrected chi connectivity index (χ3v) is 5.09. The zero-order valence-corrected chi connectivity index (χ0v) is 15.3. The Morgan fingerprint density at radius 1 is 1.25 bits per heavy atom. The van der Waals surface area contributed by atoms with E-state index in [1.165, 1.54) is 12.0 Å². The Morgan fingerprint density at radius 2 is 1.93 bits per heavy atom. The number of aliphatic hydroxyl groups is 4. The summed E-state index contributed by atoms with van der Waals surface area (Å²) in [6.07, 6.45) is -5.79. The first-order valence-corrected chi connectivity index (χ1v) is 8.91. The maximum absolute atomic E-state index is 12.6. The van der Waals surface area contributed by atoms with Crippen LogP contribution in [-0.4, -0.2) is 83.1 Å². The van der Waals surface area contributed by atoms with Gasteiger partial charge in [0, 0.05) is 18.7 Å². The molecule has 5 N–H and O–H groups in total. The molecule has 0 saturated carbocycles. The van der Waals surface area contributed by atoms with E-state index in [2.05, 4.69) is 5.32 Å². The van der Waals surface area contributed by atoms with E-state index in [-0.39, 0.29) is 18.9 Å². The number of methoxy groups -OCH3 is 1. The number of rotatable bonds is 5. The Hall–Kier alpha value is -2.24. The summed E-state index contributed by atoms with van der Waals surface area (Å²) in [5, 5.41) is 41.5. The Morgan fingerprint density at radius 3 is 2.54 bits per heavy atom. The van der Waals surface area contributed by atoms with Gasteiger partial charge in [0.1, 0.15) is 30.1 Å². The van der Waals surface area contributed by atoms with Crippen molar-refractivity contribution in [2.75, 3.05) is 25.2 Å². The summed E-state index contributed by atoms with van der Waals surface area (Å²) in [6.45, 7) is -0.456. The molecule has 6 atom stereocenters. The number of aliphatic hydroxyl groups excluding tert-OH is 4. The van der Waals surface area contributed by atoms with E-state index in [0.29, 0.717) is 11.4 Å². The van der Waals surface area contributed by atoms with Crippen molar-refractivity contribution in [2.24, 2.45) is 5.92 Å². The highest BCUT2D eigenvalue weighted by Crippen LogP contribution is 2.27. The van der Waals surface area contributed by atoms with Gasteiger partial charge in [-0.25, -0.2) is 0 Å². The molecule has 0 aliphatic carbocycles. The molecule has 4 unspecified atom stereocenters. The first-order valence-electron chi connectivity index (χ1n) is 8.91. The minimum atomic E-state index is -1.60. The molecule has 10 heteroatoms. The monoisotopic (exact) mass is 396 g/mol. The number of carbonyl (C=O) groups excluding carboxylic acids is 2. The van der Waals surface area contributed by atoms with E-state index in [0.717, 1.165) is 0 Å². The predicted octanol–water partition coefficient (Wildman–Crippen LogP) is -2.04. The quantitative estimate of drug-likeness (QED) is 0.382. The van der Waals surface area contributed by atoms with Crippen LogP contribution in [0.15, 0.2) is 24.3 Å². The summed E-state index contributed by atoms with van der Waals surface area (Å²) in [7, 11) is 1.54. The van der Waals surface area contributed by atoms with Crippen molar-refractivity contribution in [3.05, 3.63) is 24.3 Å². The van der Waals surface area contributed by atoms with Crippen LogP contribution in [0.25, 0.3) is 0 Å². The van der Waals surface area contributed by atoms with E-state index >= 15 is 0 Å². The molecule has 2 fully saturated rings. The number of amides is 2. The lowest BCUT2D eigenvalue weighted by Gasteiger charge is -2.40. The van der Waals surface area contributed by atoms with Gasteiger partial charge in [0.2, 0.25) is 11.8 Å². The molecular formula is C18H24N2O8. The lowest BCUT2D eigenvalue weighted by Crippen LogP contribution is -2.64. The van der Waals surface area contributed by atoms with Crippen molar-refractivity contribution < 1.29 is 39.5 Å². The van der Waals surface area contributed by atoms with Gasteiger partial charge in [0.25, 0.3) is 0 Å². The second-order valence-corrected chi connectivity index (χ2v) is 6.87. The van der Waals surface area contributed by atoms with E-state index < -0.39 is 49.1 Å². The summed E-state index contributed by atoms with van der Waals surface area (Å²) in [4.78, 5) is 26.4. The van der Waals surface area contributed by atoms with Crippen LogP contribution in [0.3, 0.4) is 0 Å². The molecule has 2 saturated heterocycles. The average Bonchev–Trinajstić information content (AvgIpc) is 3.09. The van der Waals surface area contributed by atoms with Gasteiger partial charge < -0.3 is 40.1 Å². The van der Waals surface area contributed by atoms with Crippen molar-refractivity contribution in [3.63, 3.8) is 0 Å². The van der Waals surface area contributed by atoms with Crippen LogP contribution < -0.4 is 15.0 Å². The number of anilines is 1. The van der Waals surface area contributed by atoms with Crippen LogP contribution in [0.1, 0.15) is 6.42 Å². The average molecular weight is 396 g/mol. The molecule has 1 aromatic carbocycles. The number of carbonyl (C=O) groups is 2. The van der Waals surface area contributed by atoms with Crippen LogP contribution in [0.5, 0.6) is 5.75 Å². The third-order valence-electron chi connectivity index (χ3n) is 5.09. The molecule has 2 amide bonds. The molecule has 10 nitrogen and oxygen atoms in total. The minimum absolute atomic E-state index is 0.0283. The lowest BCUT2D eigenvalue weighted by molar-refractivity contribution is -0.254. The molecule has 2 heterocycles. The molecule has 0 aromatic heterocycles. The molecule has 2 aliphatic rings. The van der Waals surface area contributed by atoms with Gasteiger partial charge in [-0.3, -0.25) is 9.59 Å². The zero-order valence-electron chi connectivity index (χ0n) is 15.3. The van der Waals surface area contributed by atoms with Gasteiger partial charge in [-0.1, -0.05) is 0 Å². The van der Waals surface area contributed by atoms with Crippen LogP contribution in [0, 0.1) is 5.92 Å². The predicted molar refractivity (Wildman–Crippen MR) is 95.4 cm³/mol. The highest BCUT2D eigenvalue weighted by molar-refractivity contribution is 6.00. The molecule has 2 aliphatic heterocycles. The van der Waals surface area contributed by atoms with E-state index in [4.69, 9.17) is 14.6 Å². The van der Waals surface area contributed by atoms with Crippen LogP contribution in [-0.2, 0) is 14.3 Å². The Balaban J connectivity index is 1.64. The van der Waals surface area contributed by atoms with Gasteiger partial charge in [0.05, 0.1) is 19.6 Å². The van der Waals surface area contributed by atoms with Crippen LogP contribution >= 0.6 is 0 Å². The summed E-state index contributed by atoms with van der Waals surface area (Å²) < 4.78 is 10.1. The van der Waals surface area contributed by atoms with E-state index in [9.17, 15) is 24.9 Å². The van der Waals surface area contributed by atoms with Crippen LogP contribution in [0.4, 0.5) is 5.69 Å². The number of nitrogens with one attached hydrogen (secondary N) is 1. The van der Waals surface area contributed by atoms with Gasteiger partial charge in [-0.2, -0.15) is 0 Å². The number of benzene rings is 1. The second-order valence-electron chi connectivity index (χ2n) is 6.87. The fourth-order valence-corrected chi connectivity index (χ4v) is 3.43. The van der Waals surface area contributed by atoms with Crippen molar-refractivity contribution >= 4 is 17.5 Å². The lowest BCUT2D eigenvalue weighted by atomic mass is 9.96. The molecule has 3 rings (SSSR count). The Bertz CT molecular complexity index is 712. The summed E-state index contributed by atoms with van der Waals surface area (Å²) in [5.74, 6) is -0.830. The van der Waals surface area contributed by atoms with Crippen molar-refractivity contribution in [1.29, 1.82) is 0 Å². The molecular weight excluding hydrogens is 372 g/mol. The molecule has 28 heavy (non-hydrogen) atoms. The number of hydrogen-bond acceptors (Lipinski definition) is 8. The molecule has 0 bridgehead atoms. The first kappa shape index (κ1) is 20.5. The maximum atomic E-state index is 12.6. The van der Waals surface area contributed by atoms with Crippen molar-refractivity contribution in [2.45, 2.75) is 37.1 Å². The standard InChI is InChI=1S/C18H24N2O8/c1-27-11-4-2-10(3-5-11)20-7-9(6-13(20)22)17(25)19-14-16(24)15(23)12(8-21)28-18(14)26/h2-5,9,12,14-16,18,21,23-24,26H,6-8H2,1H3,(H,19,25)/t9?,12-,14?,15?,16-,18?/m1/s1. The normalized spacial score (nSPS) is 33.0. The van der Waals surface area contributed by atoms with Gasteiger partial charge >= 0.3 is 0 Å². The third kappa shape index (κ3) is 3.96. The van der Waals surface area contributed by atoms with Crippen LogP contribution in [0.2, 0.25) is 0 Å². The fourth-order valence-electron chi connectivity index (χ4n) is 3.43. The minimum Gasteiger partial charge on any atom is -0.497 e. The van der Waals surface area contributed by atoms with Crippen molar-refractivity contribution in [3.8, 4) is 5.75 Å². The number of hydrogen-bond donors (Lipinski definition) is 5. The van der Waals surface area contributed by atoms with Gasteiger partial charge in [0.15, 0.2) is 6.29 Å². The highest BCUT2D eigenvalue weighted by atomic mass is 16.6. The van der Waals surface area contributed by atoms with E-state index in [1.807, 2.05) is 0 Å². The molecule has 0 spiro atoms. The summed E-state index contributed by atoms with van der Waals surface area (Å²) >= 11 is 0. The largest absolute Gasteiger partial charge is 0.497 e. The van der Waals surface area contributed by atoms with Gasteiger partial charge in [-0.05, 0) is 24.3 Å². The molecule has 154 valence electrons. The second kappa shape index (κ2) is 8.41. The highest BCUT2D eigenvalue weighted by Gasteiger charge is 2.45. The Labute approximate surface area is 161 Å². The Kier molecular flexibility index (Phi) is 6.16. The maximum Gasteiger partial charge on any atom is 0.227 e. The SMILES string of the molecule is COc1ccc(N2CC(C(=O)NC3C(O)O[C@H](CO)C(O)[C@@H]3O)CC2=O)cc1. The molecule has 1 aromatic rings. The number of nitrogens with zero attached hydrogens (tertiary/aromatic N) is 1. The topological polar surface area (TPSA) is 149 Å².